The van der Waals surface area contributed by atoms with Crippen LogP contribution in [-0.2, 0) is 5.41 Å². The zero-order valence-electron chi connectivity index (χ0n) is 17.9. The van der Waals surface area contributed by atoms with Gasteiger partial charge in [0.05, 0.1) is 22.7 Å². The first-order chi connectivity index (χ1) is 15.1. The number of hydrogen-bond donors (Lipinski definition) is 0. The molecular formula is C27H24N4. The topological polar surface area (TPSA) is 13.0 Å². The maximum atomic E-state index is 2.66. The number of para-hydroxylation sites is 4. The van der Waals surface area contributed by atoms with Gasteiger partial charge in [0.15, 0.2) is 0 Å². The maximum absolute atomic E-state index is 2.66. The second-order valence-electron chi connectivity index (χ2n) is 10.6. The van der Waals surface area contributed by atoms with E-state index in [4.69, 9.17) is 0 Å². The Balaban J connectivity index is 1.36. The van der Waals surface area contributed by atoms with Gasteiger partial charge in [-0.3, -0.25) is 0 Å². The second kappa shape index (κ2) is 4.27. The molecular weight excluding hydrogens is 380 g/mol. The molecule has 6 unspecified atom stereocenters. The van der Waals surface area contributed by atoms with Crippen LogP contribution in [0.25, 0.3) is 0 Å². The van der Waals surface area contributed by atoms with Gasteiger partial charge in [0.2, 0.25) is 0 Å². The van der Waals surface area contributed by atoms with Crippen molar-refractivity contribution in [3.8, 4) is 0 Å². The van der Waals surface area contributed by atoms with Crippen molar-refractivity contribution in [3.05, 3.63) is 72.3 Å². The van der Waals surface area contributed by atoms with E-state index in [1.165, 1.54) is 34.1 Å². The SMILES string of the molecule is CN1c2ccccc2N2c3cccc4c3C35C(C12)C3C5(C)C1N(C)c2ccccc2N41. The Morgan fingerprint density at radius 2 is 1.19 bits per heavy atom. The molecule has 1 spiro atoms. The van der Waals surface area contributed by atoms with Gasteiger partial charge >= 0.3 is 0 Å². The van der Waals surface area contributed by atoms with Crippen molar-refractivity contribution in [2.24, 2.45) is 17.3 Å². The number of rotatable bonds is 0. The summed E-state index contributed by atoms with van der Waals surface area (Å²) in [6.07, 6.45) is 0.855. The molecule has 4 nitrogen and oxygen atoms in total. The Hall–Kier alpha value is -3.14. The molecule has 0 aromatic heterocycles. The lowest BCUT2D eigenvalue weighted by Gasteiger charge is -2.53. The van der Waals surface area contributed by atoms with Crippen molar-refractivity contribution in [1.29, 1.82) is 0 Å². The van der Waals surface area contributed by atoms with Crippen LogP contribution in [0.1, 0.15) is 12.5 Å². The molecule has 0 radical (unpaired) electrons. The highest BCUT2D eigenvalue weighted by atomic mass is 15.5. The lowest BCUT2D eigenvalue weighted by Crippen LogP contribution is -2.59. The van der Waals surface area contributed by atoms with Gasteiger partial charge in [0, 0.05) is 47.8 Å². The molecule has 0 saturated heterocycles. The van der Waals surface area contributed by atoms with E-state index in [0.29, 0.717) is 29.1 Å². The van der Waals surface area contributed by atoms with Gasteiger partial charge in [0.25, 0.3) is 0 Å². The minimum absolute atomic E-state index is 0.302. The predicted molar refractivity (Wildman–Crippen MR) is 125 cm³/mol. The normalized spacial score (nSPS) is 38.2. The third kappa shape index (κ3) is 1.24. The Morgan fingerprint density at radius 1 is 0.645 bits per heavy atom. The molecule has 0 bridgehead atoms. The minimum Gasteiger partial charge on any atom is -0.352 e. The average molecular weight is 405 g/mol. The highest BCUT2D eigenvalue weighted by molar-refractivity contribution is 5.97. The summed E-state index contributed by atoms with van der Waals surface area (Å²) in [6.45, 7) is 2.58. The molecule has 2 aliphatic carbocycles. The van der Waals surface area contributed by atoms with Crippen LogP contribution >= 0.6 is 0 Å². The van der Waals surface area contributed by atoms with Crippen LogP contribution in [0.15, 0.2) is 66.7 Å². The molecule has 4 heteroatoms. The smallest absolute Gasteiger partial charge is 0.113 e. The Morgan fingerprint density at radius 3 is 1.90 bits per heavy atom. The molecule has 6 atom stereocenters. The van der Waals surface area contributed by atoms with E-state index in [0.717, 1.165) is 5.92 Å². The molecule has 4 heterocycles. The Labute approximate surface area is 182 Å². The first-order valence-corrected chi connectivity index (χ1v) is 11.5. The first-order valence-electron chi connectivity index (χ1n) is 11.5. The molecule has 9 rings (SSSR count). The summed E-state index contributed by atoms with van der Waals surface area (Å²) >= 11 is 0. The molecule has 2 fully saturated rings. The van der Waals surface area contributed by atoms with Crippen LogP contribution in [0.4, 0.5) is 34.1 Å². The van der Waals surface area contributed by atoms with Crippen LogP contribution in [0.2, 0.25) is 0 Å². The van der Waals surface area contributed by atoms with Crippen LogP contribution in [0, 0.1) is 17.3 Å². The third-order valence-corrected chi connectivity index (χ3v) is 9.85. The highest BCUT2D eigenvalue weighted by Gasteiger charge is 3.01. The van der Waals surface area contributed by atoms with Crippen LogP contribution in [0.3, 0.4) is 0 Å². The fourth-order valence-corrected chi connectivity index (χ4v) is 8.92. The van der Waals surface area contributed by atoms with E-state index in [-0.39, 0.29) is 0 Å². The van der Waals surface area contributed by atoms with Crippen molar-refractivity contribution in [3.63, 3.8) is 0 Å². The minimum atomic E-state index is 0.302. The molecule has 2 saturated carbocycles. The van der Waals surface area contributed by atoms with Crippen molar-refractivity contribution >= 4 is 34.1 Å². The van der Waals surface area contributed by atoms with Crippen LogP contribution in [0.5, 0.6) is 0 Å². The fraction of sp³-hybridized carbons (Fsp3) is 0.333. The van der Waals surface area contributed by atoms with Gasteiger partial charge in [-0.05, 0) is 42.3 Å². The highest BCUT2D eigenvalue weighted by Crippen LogP contribution is 2.98. The number of fused-ring (bicyclic) bond motifs is 12. The summed E-state index contributed by atoms with van der Waals surface area (Å²) in [4.78, 5) is 10.4. The maximum Gasteiger partial charge on any atom is 0.113 e. The van der Waals surface area contributed by atoms with Gasteiger partial charge in [-0.2, -0.15) is 0 Å². The van der Waals surface area contributed by atoms with Gasteiger partial charge in [-0.25, -0.2) is 0 Å². The molecule has 152 valence electrons. The van der Waals surface area contributed by atoms with E-state index < -0.39 is 0 Å². The van der Waals surface area contributed by atoms with E-state index in [2.05, 4.69) is 107 Å². The van der Waals surface area contributed by atoms with E-state index in [1.807, 2.05) is 0 Å². The predicted octanol–water partition coefficient (Wildman–Crippen LogP) is 5.05. The van der Waals surface area contributed by atoms with E-state index in [9.17, 15) is 0 Å². The Kier molecular flexibility index (Phi) is 2.15. The standard InChI is InChI=1S/C27H24N4/c1-26-23-22-24-28(2)15-9-4-6-11-17(15)30(24)19-13-8-14-20(21(19)27(22,23)26)31-18-12-7-5-10-16(18)29(3)25(26)31/h4-14,22-25H,1-3H3. The third-order valence-electron chi connectivity index (χ3n) is 9.85. The molecule has 3 aromatic rings. The molecule has 0 amide bonds. The zero-order valence-corrected chi connectivity index (χ0v) is 17.9. The van der Waals surface area contributed by atoms with E-state index in [1.54, 1.807) is 5.56 Å². The summed E-state index contributed by atoms with van der Waals surface area (Å²) in [5, 5.41) is 0. The molecule has 31 heavy (non-hydrogen) atoms. The number of nitrogens with zero attached hydrogens (tertiary/aromatic N) is 4. The first kappa shape index (κ1) is 15.6. The van der Waals surface area contributed by atoms with Crippen molar-refractivity contribution in [1.82, 2.24) is 0 Å². The monoisotopic (exact) mass is 404 g/mol. The van der Waals surface area contributed by atoms with Crippen molar-refractivity contribution in [2.45, 2.75) is 24.7 Å². The van der Waals surface area contributed by atoms with Gasteiger partial charge in [-0.15, -0.1) is 0 Å². The zero-order chi connectivity index (χ0) is 20.4. The number of benzene rings is 3. The summed E-state index contributed by atoms with van der Waals surface area (Å²) in [6, 6.07) is 25.0. The Bertz CT molecular complexity index is 1350. The molecule has 4 aliphatic heterocycles. The largest absolute Gasteiger partial charge is 0.352 e. The molecule has 0 N–H and O–H groups in total. The van der Waals surface area contributed by atoms with Crippen LogP contribution in [-0.4, -0.2) is 26.4 Å². The summed E-state index contributed by atoms with van der Waals surface area (Å²) in [5.74, 6) is 1.46. The van der Waals surface area contributed by atoms with Crippen molar-refractivity contribution < 1.29 is 0 Å². The quantitative estimate of drug-likeness (QED) is 0.520. The summed E-state index contributed by atoms with van der Waals surface area (Å²) < 4.78 is 0. The molecule has 6 aliphatic rings. The second-order valence-corrected chi connectivity index (χ2v) is 10.6. The average Bonchev–Trinajstić information content (AvgIpc) is 3.57. The number of hydrogen-bond acceptors (Lipinski definition) is 4. The van der Waals surface area contributed by atoms with Gasteiger partial charge in [-0.1, -0.05) is 37.3 Å². The van der Waals surface area contributed by atoms with E-state index >= 15 is 0 Å². The summed E-state index contributed by atoms with van der Waals surface area (Å²) in [5.41, 5.74) is 10.6. The van der Waals surface area contributed by atoms with Gasteiger partial charge < -0.3 is 19.6 Å². The molecule has 3 aromatic carbocycles. The fourth-order valence-electron chi connectivity index (χ4n) is 8.92. The summed E-state index contributed by atoms with van der Waals surface area (Å²) in [7, 11) is 4.61. The number of anilines is 6. The van der Waals surface area contributed by atoms with Crippen LogP contribution < -0.4 is 19.6 Å². The lowest BCUT2D eigenvalue weighted by molar-refractivity contribution is 0.211. The lowest BCUT2D eigenvalue weighted by atomic mass is 9.70. The van der Waals surface area contributed by atoms with Gasteiger partial charge in [0.1, 0.15) is 12.3 Å². The van der Waals surface area contributed by atoms with Crippen molar-refractivity contribution in [2.75, 3.05) is 33.7 Å².